The Bertz CT molecular complexity index is 366. The van der Waals surface area contributed by atoms with E-state index >= 15 is 0 Å². The minimum absolute atomic E-state index is 1.02. The Hall–Kier alpha value is -1.02. The van der Waals surface area contributed by atoms with Crippen molar-refractivity contribution in [2.75, 3.05) is 20.2 Å². The molecule has 22 heavy (non-hydrogen) atoms. The van der Waals surface area contributed by atoms with Crippen molar-refractivity contribution in [1.82, 2.24) is 4.90 Å². The van der Waals surface area contributed by atoms with Gasteiger partial charge in [0.05, 0.1) is 7.11 Å². The van der Waals surface area contributed by atoms with E-state index in [0.717, 1.165) is 12.3 Å². The van der Waals surface area contributed by atoms with Crippen LogP contribution in [0.25, 0.3) is 0 Å². The molecule has 0 unspecified atom stereocenters. The van der Waals surface area contributed by atoms with Gasteiger partial charge >= 0.3 is 0 Å². The summed E-state index contributed by atoms with van der Waals surface area (Å²) in [6.07, 6.45) is 10.7. The van der Waals surface area contributed by atoms with Gasteiger partial charge in [0.1, 0.15) is 5.75 Å². The quantitative estimate of drug-likeness (QED) is 0.436. The summed E-state index contributed by atoms with van der Waals surface area (Å²) in [4.78, 5) is 2.61. The van der Waals surface area contributed by atoms with E-state index in [4.69, 9.17) is 4.74 Å². The van der Waals surface area contributed by atoms with Crippen LogP contribution in [0.2, 0.25) is 0 Å². The molecular weight excluding hydrogens is 270 g/mol. The van der Waals surface area contributed by atoms with Gasteiger partial charge in [0, 0.05) is 12.1 Å². The molecule has 0 fully saturated rings. The van der Waals surface area contributed by atoms with Gasteiger partial charge in [-0.05, 0) is 32.0 Å². The second-order valence-electron chi connectivity index (χ2n) is 6.21. The zero-order valence-corrected chi connectivity index (χ0v) is 14.9. The zero-order chi connectivity index (χ0) is 16.0. The molecule has 126 valence electrons. The molecule has 0 aliphatic carbocycles. The van der Waals surface area contributed by atoms with Crippen LogP contribution in [0, 0.1) is 0 Å². The molecule has 0 heterocycles. The Kier molecular flexibility index (Phi) is 10.8. The summed E-state index contributed by atoms with van der Waals surface area (Å²) < 4.78 is 5.51. The van der Waals surface area contributed by atoms with Crippen LogP contribution in [-0.2, 0) is 6.54 Å². The fourth-order valence-electron chi connectivity index (χ4n) is 2.87. The molecule has 0 saturated heterocycles. The lowest BCUT2D eigenvalue weighted by Crippen LogP contribution is -2.26. The van der Waals surface area contributed by atoms with E-state index in [1.54, 1.807) is 7.11 Å². The highest BCUT2D eigenvalue weighted by Gasteiger charge is 2.09. The van der Waals surface area contributed by atoms with E-state index in [-0.39, 0.29) is 0 Å². The van der Waals surface area contributed by atoms with Gasteiger partial charge in [-0.2, -0.15) is 0 Å². The van der Waals surface area contributed by atoms with Crippen LogP contribution in [0.3, 0.4) is 0 Å². The SMILES string of the molecule is CCCCCCN(CCCCCC)Cc1ccccc1OC. The van der Waals surface area contributed by atoms with Gasteiger partial charge in [0.2, 0.25) is 0 Å². The summed E-state index contributed by atoms with van der Waals surface area (Å²) in [6.45, 7) is 7.99. The van der Waals surface area contributed by atoms with Gasteiger partial charge in [0.25, 0.3) is 0 Å². The lowest BCUT2D eigenvalue weighted by molar-refractivity contribution is 0.249. The van der Waals surface area contributed by atoms with Gasteiger partial charge in [-0.25, -0.2) is 0 Å². The lowest BCUT2D eigenvalue weighted by atomic mass is 10.1. The van der Waals surface area contributed by atoms with E-state index in [2.05, 4.69) is 43.0 Å². The lowest BCUT2D eigenvalue weighted by Gasteiger charge is -2.23. The van der Waals surface area contributed by atoms with E-state index in [9.17, 15) is 0 Å². The molecule has 0 atom stereocenters. The molecular formula is C20H35NO. The zero-order valence-electron chi connectivity index (χ0n) is 14.9. The number of benzene rings is 1. The largest absolute Gasteiger partial charge is 0.496 e. The first kappa shape index (κ1) is 19.0. The van der Waals surface area contributed by atoms with Gasteiger partial charge < -0.3 is 4.74 Å². The normalized spacial score (nSPS) is 11.1. The predicted octanol–water partition coefficient (Wildman–Crippen LogP) is 5.66. The average Bonchev–Trinajstić information content (AvgIpc) is 2.55. The molecule has 0 radical (unpaired) electrons. The maximum Gasteiger partial charge on any atom is 0.123 e. The van der Waals surface area contributed by atoms with Crippen LogP contribution in [0.5, 0.6) is 5.75 Å². The van der Waals surface area contributed by atoms with E-state index in [0.29, 0.717) is 0 Å². The minimum Gasteiger partial charge on any atom is -0.496 e. The van der Waals surface area contributed by atoms with Crippen molar-refractivity contribution in [1.29, 1.82) is 0 Å². The van der Waals surface area contributed by atoms with Gasteiger partial charge in [-0.1, -0.05) is 70.6 Å². The second-order valence-corrected chi connectivity index (χ2v) is 6.21. The van der Waals surface area contributed by atoms with Crippen molar-refractivity contribution in [3.05, 3.63) is 29.8 Å². The van der Waals surface area contributed by atoms with Crippen molar-refractivity contribution in [2.45, 2.75) is 71.8 Å². The number of hydrogen-bond donors (Lipinski definition) is 0. The standard InChI is InChI=1S/C20H35NO/c1-4-6-8-12-16-21(17-13-9-7-5-2)18-19-14-10-11-15-20(19)22-3/h10-11,14-15H,4-9,12-13,16-18H2,1-3H3. The first-order chi connectivity index (χ1) is 10.8. The van der Waals surface area contributed by atoms with Crippen LogP contribution in [0.15, 0.2) is 24.3 Å². The third-order valence-corrected chi connectivity index (χ3v) is 4.24. The van der Waals surface area contributed by atoms with E-state index in [1.807, 2.05) is 0 Å². The van der Waals surface area contributed by atoms with Crippen LogP contribution >= 0.6 is 0 Å². The second kappa shape index (κ2) is 12.5. The van der Waals surface area contributed by atoms with Crippen molar-refractivity contribution < 1.29 is 4.74 Å². The smallest absolute Gasteiger partial charge is 0.123 e. The number of unbranched alkanes of at least 4 members (excludes halogenated alkanes) is 6. The van der Waals surface area contributed by atoms with Crippen LogP contribution < -0.4 is 4.74 Å². The molecule has 0 aromatic heterocycles. The molecule has 2 heteroatoms. The van der Waals surface area contributed by atoms with Crippen LogP contribution in [0.1, 0.15) is 70.8 Å². The molecule has 1 aromatic carbocycles. The first-order valence-corrected chi connectivity index (χ1v) is 9.16. The third-order valence-electron chi connectivity index (χ3n) is 4.24. The highest BCUT2D eigenvalue weighted by molar-refractivity contribution is 5.33. The first-order valence-electron chi connectivity index (χ1n) is 9.16. The van der Waals surface area contributed by atoms with Crippen LogP contribution in [-0.4, -0.2) is 25.1 Å². The predicted molar refractivity (Wildman–Crippen MR) is 96.6 cm³/mol. The van der Waals surface area contributed by atoms with Crippen molar-refractivity contribution >= 4 is 0 Å². The van der Waals surface area contributed by atoms with E-state index < -0.39 is 0 Å². The summed E-state index contributed by atoms with van der Waals surface area (Å²) in [5.74, 6) is 1.02. The number of rotatable bonds is 13. The van der Waals surface area contributed by atoms with Gasteiger partial charge in [-0.3, -0.25) is 4.90 Å². The molecule has 1 aromatic rings. The summed E-state index contributed by atoms with van der Waals surface area (Å²) in [5, 5.41) is 0. The average molecular weight is 306 g/mol. The fraction of sp³-hybridized carbons (Fsp3) is 0.700. The highest BCUT2D eigenvalue weighted by atomic mass is 16.5. The molecule has 2 nitrogen and oxygen atoms in total. The number of para-hydroxylation sites is 1. The van der Waals surface area contributed by atoms with Crippen molar-refractivity contribution in [3.8, 4) is 5.75 Å². The van der Waals surface area contributed by atoms with Gasteiger partial charge in [-0.15, -0.1) is 0 Å². The monoisotopic (exact) mass is 305 g/mol. The summed E-state index contributed by atoms with van der Waals surface area (Å²) in [5.41, 5.74) is 1.32. The van der Waals surface area contributed by atoms with Crippen molar-refractivity contribution in [3.63, 3.8) is 0 Å². The molecule has 0 saturated carbocycles. The minimum atomic E-state index is 1.02. The molecule has 0 aliphatic heterocycles. The molecule has 0 N–H and O–H groups in total. The van der Waals surface area contributed by atoms with Crippen molar-refractivity contribution in [2.24, 2.45) is 0 Å². The Labute approximate surface area is 137 Å². The Balaban J connectivity index is 2.51. The Morgan fingerprint density at radius 1 is 0.818 bits per heavy atom. The Morgan fingerprint density at radius 3 is 1.95 bits per heavy atom. The highest BCUT2D eigenvalue weighted by Crippen LogP contribution is 2.20. The van der Waals surface area contributed by atoms with E-state index in [1.165, 1.54) is 70.0 Å². The maximum absolute atomic E-state index is 5.51. The molecule has 0 bridgehead atoms. The third kappa shape index (κ3) is 7.84. The summed E-state index contributed by atoms with van der Waals surface area (Å²) >= 11 is 0. The van der Waals surface area contributed by atoms with Gasteiger partial charge in [0.15, 0.2) is 0 Å². The summed E-state index contributed by atoms with van der Waals surface area (Å²) in [7, 11) is 1.77. The number of nitrogens with zero attached hydrogens (tertiary/aromatic N) is 1. The molecule has 0 amide bonds. The molecule has 0 spiro atoms. The number of ether oxygens (including phenoxy) is 1. The number of methoxy groups -OCH3 is 1. The maximum atomic E-state index is 5.51. The fourth-order valence-corrected chi connectivity index (χ4v) is 2.87. The Morgan fingerprint density at radius 2 is 1.41 bits per heavy atom. The number of hydrogen-bond acceptors (Lipinski definition) is 2. The molecule has 0 aliphatic rings. The topological polar surface area (TPSA) is 12.5 Å². The molecule has 1 rings (SSSR count). The summed E-state index contributed by atoms with van der Waals surface area (Å²) in [6, 6.07) is 8.44. The van der Waals surface area contributed by atoms with Crippen LogP contribution in [0.4, 0.5) is 0 Å².